The number of fused-ring (bicyclic) bond motifs is 1. The van der Waals surface area contributed by atoms with Crippen molar-refractivity contribution in [2.24, 2.45) is 5.92 Å². The molecular weight excluding hydrogens is 312 g/mol. The van der Waals surface area contributed by atoms with E-state index in [4.69, 9.17) is 0 Å². The Morgan fingerprint density at radius 3 is 2.56 bits per heavy atom. The van der Waals surface area contributed by atoms with Crippen LogP contribution in [0, 0.1) is 5.92 Å². The number of rotatable bonds is 3. The second-order valence-corrected chi connectivity index (χ2v) is 7.29. The summed E-state index contributed by atoms with van der Waals surface area (Å²) in [5.74, 6) is -0.131. The number of nitrogens with one attached hydrogen (secondary N) is 1. The Morgan fingerprint density at radius 2 is 1.76 bits per heavy atom. The standard InChI is InChI=1S/C21H24N2O2/c24-20-13-17(14-23(20)19-8-2-1-3-9-19)21(25)22-18-11-10-15-6-4-5-7-16(15)12-18/h4-7,10-12,17,19H,1-3,8-9,13-14H2,(H,22,25)/t17-/m0/s1. The third kappa shape index (κ3) is 3.39. The van der Waals surface area contributed by atoms with Crippen LogP contribution < -0.4 is 5.32 Å². The number of benzene rings is 2. The molecule has 1 heterocycles. The molecule has 4 heteroatoms. The first-order valence-corrected chi connectivity index (χ1v) is 9.30. The third-order valence-corrected chi connectivity index (χ3v) is 5.56. The monoisotopic (exact) mass is 336 g/mol. The zero-order chi connectivity index (χ0) is 17.2. The van der Waals surface area contributed by atoms with E-state index in [2.05, 4.69) is 11.4 Å². The SMILES string of the molecule is O=C(Nc1ccc2ccccc2c1)[C@H]1CC(=O)N(C2CCCCC2)C1. The Hall–Kier alpha value is -2.36. The van der Waals surface area contributed by atoms with Crippen molar-refractivity contribution in [3.05, 3.63) is 42.5 Å². The van der Waals surface area contributed by atoms with Crippen LogP contribution in [-0.4, -0.2) is 29.3 Å². The Labute approximate surface area is 148 Å². The minimum absolute atomic E-state index is 0.0399. The molecule has 2 aromatic carbocycles. The fraction of sp³-hybridized carbons (Fsp3) is 0.429. The molecule has 2 fully saturated rings. The zero-order valence-electron chi connectivity index (χ0n) is 14.4. The largest absolute Gasteiger partial charge is 0.339 e. The lowest BCUT2D eigenvalue weighted by Gasteiger charge is -2.31. The third-order valence-electron chi connectivity index (χ3n) is 5.56. The maximum atomic E-state index is 12.6. The van der Waals surface area contributed by atoms with Crippen LogP contribution in [0.25, 0.3) is 10.8 Å². The van der Waals surface area contributed by atoms with Crippen LogP contribution >= 0.6 is 0 Å². The average molecular weight is 336 g/mol. The predicted molar refractivity (Wildman–Crippen MR) is 99.3 cm³/mol. The van der Waals surface area contributed by atoms with Gasteiger partial charge in [0.25, 0.3) is 0 Å². The average Bonchev–Trinajstić information content (AvgIpc) is 3.04. The van der Waals surface area contributed by atoms with Gasteiger partial charge in [-0.05, 0) is 35.7 Å². The number of nitrogens with zero attached hydrogens (tertiary/aromatic N) is 1. The van der Waals surface area contributed by atoms with Gasteiger partial charge in [0.15, 0.2) is 0 Å². The number of likely N-dealkylation sites (tertiary alicyclic amines) is 1. The number of hydrogen-bond acceptors (Lipinski definition) is 2. The summed E-state index contributed by atoms with van der Waals surface area (Å²) in [7, 11) is 0. The van der Waals surface area contributed by atoms with Crippen LogP contribution in [-0.2, 0) is 9.59 Å². The fourth-order valence-electron chi connectivity index (χ4n) is 4.16. The molecule has 1 aliphatic carbocycles. The lowest BCUT2D eigenvalue weighted by Crippen LogP contribution is -2.38. The highest BCUT2D eigenvalue weighted by Crippen LogP contribution is 2.29. The van der Waals surface area contributed by atoms with Gasteiger partial charge in [0.05, 0.1) is 5.92 Å². The van der Waals surface area contributed by atoms with Crippen molar-refractivity contribution in [3.8, 4) is 0 Å². The van der Waals surface area contributed by atoms with Crippen LogP contribution in [0.1, 0.15) is 38.5 Å². The fourth-order valence-corrected chi connectivity index (χ4v) is 4.16. The predicted octanol–water partition coefficient (Wildman–Crippen LogP) is 3.96. The lowest BCUT2D eigenvalue weighted by atomic mass is 9.94. The van der Waals surface area contributed by atoms with E-state index in [1.165, 1.54) is 19.3 Å². The molecule has 1 N–H and O–H groups in total. The second kappa shape index (κ2) is 6.87. The number of anilines is 1. The van der Waals surface area contributed by atoms with E-state index >= 15 is 0 Å². The number of amides is 2. The van der Waals surface area contributed by atoms with Gasteiger partial charge in [-0.1, -0.05) is 49.6 Å². The van der Waals surface area contributed by atoms with Gasteiger partial charge in [0, 0.05) is 24.7 Å². The van der Waals surface area contributed by atoms with E-state index in [9.17, 15) is 9.59 Å². The molecule has 1 saturated carbocycles. The number of carbonyl (C=O) groups excluding carboxylic acids is 2. The molecular formula is C21H24N2O2. The van der Waals surface area contributed by atoms with Gasteiger partial charge in [-0.3, -0.25) is 9.59 Å². The van der Waals surface area contributed by atoms with Crippen LogP contribution in [0.4, 0.5) is 5.69 Å². The molecule has 0 bridgehead atoms. The molecule has 0 radical (unpaired) electrons. The molecule has 1 aliphatic heterocycles. The van der Waals surface area contributed by atoms with Crippen LogP contribution in [0.3, 0.4) is 0 Å². The smallest absolute Gasteiger partial charge is 0.229 e. The van der Waals surface area contributed by atoms with Crippen molar-refractivity contribution in [1.82, 2.24) is 4.90 Å². The Bertz CT molecular complexity index is 795. The molecule has 0 unspecified atom stereocenters. The van der Waals surface area contributed by atoms with E-state index in [1.807, 2.05) is 41.3 Å². The summed E-state index contributed by atoms with van der Waals surface area (Å²) in [5.41, 5.74) is 0.798. The summed E-state index contributed by atoms with van der Waals surface area (Å²) < 4.78 is 0. The minimum atomic E-state index is -0.235. The van der Waals surface area contributed by atoms with Crippen molar-refractivity contribution < 1.29 is 9.59 Å². The first kappa shape index (κ1) is 16.1. The summed E-state index contributed by atoms with van der Waals surface area (Å²) in [6.07, 6.45) is 6.18. The lowest BCUT2D eigenvalue weighted by molar-refractivity contribution is -0.130. The van der Waals surface area contributed by atoms with Gasteiger partial charge < -0.3 is 10.2 Å². The molecule has 2 aliphatic rings. The van der Waals surface area contributed by atoms with E-state index in [0.717, 1.165) is 29.3 Å². The van der Waals surface area contributed by atoms with Crippen molar-refractivity contribution in [1.29, 1.82) is 0 Å². The number of hydrogen-bond donors (Lipinski definition) is 1. The Balaban J connectivity index is 1.43. The molecule has 4 rings (SSSR count). The highest BCUT2D eigenvalue weighted by atomic mass is 16.2. The summed E-state index contributed by atoms with van der Waals surface area (Å²) >= 11 is 0. The van der Waals surface area contributed by atoms with E-state index in [1.54, 1.807) is 0 Å². The van der Waals surface area contributed by atoms with E-state index in [-0.39, 0.29) is 17.7 Å². The van der Waals surface area contributed by atoms with Crippen LogP contribution in [0.15, 0.2) is 42.5 Å². The second-order valence-electron chi connectivity index (χ2n) is 7.29. The Morgan fingerprint density at radius 1 is 1.00 bits per heavy atom. The topological polar surface area (TPSA) is 49.4 Å². The molecule has 130 valence electrons. The van der Waals surface area contributed by atoms with Gasteiger partial charge in [-0.15, -0.1) is 0 Å². The molecule has 1 atom stereocenters. The summed E-state index contributed by atoms with van der Waals surface area (Å²) in [6, 6.07) is 14.4. The first-order valence-electron chi connectivity index (χ1n) is 9.30. The molecule has 25 heavy (non-hydrogen) atoms. The minimum Gasteiger partial charge on any atom is -0.339 e. The van der Waals surface area contributed by atoms with E-state index in [0.29, 0.717) is 19.0 Å². The first-order chi connectivity index (χ1) is 12.2. The summed E-state index contributed by atoms with van der Waals surface area (Å²) in [4.78, 5) is 27.0. The maximum absolute atomic E-state index is 12.6. The number of carbonyl (C=O) groups is 2. The summed E-state index contributed by atoms with van der Waals surface area (Å²) in [5, 5.41) is 5.26. The molecule has 2 amide bonds. The highest BCUT2D eigenvalue weighted by Gasteiger charge is 2.38. The van der Waals surface area contributed by atoms with Gasteiger partial charge in [0.2, 0.25) is 11.8 Å². The molecule has 0 spiro atoms. The van der Waals surface area contributed by atoms with Crippen LogP contribution in [0.2, 0.25) is 0 Å². The highest BCUT2D eigenvalue weighted by molar-refractivity contribution is 5.98. The molecule has 2 aromatic rings. The molecule has 4 nitrogen and oxygen atoms in total. The van der Waals surface area contributed by atoms with Crippen LogP contribution in [0.5, 0.6) is 0 Å². The van der Waals surface area contributed by atoms with Crippen molar-refractivity contribution in [3.63, 3.8) is 0 Å². The van der Waals surface area contributed by atoms with Gasteiger partial charge in [-0.2, -0.15) is 0 Å². The summed E-state index contributed by atoms with van der Waals surface area (Å²) in [6.45, 7) is 0.572. The normalized spacial score (nSPS) is 21.7. The van der Waals surface area contributed by atoms with Crippen molar-refractivity contribution in [2.75, 3.05) is 11.9 Å². The van der Waals surface area contributed by atoms with Gasteiger partial charge in [0.1, 0.15) is 0 Å². The molecule has 0 aromatic heterocycles. The van der Waals surface area contributed by atoms with Crippen molar-refractivity contribution >= 4 is 28.3 Å². The maximum Gasteiger partial charge on any atom is 0.229 e. The Kier molecular flexibility index (Phi) is 4.43. The zero-order valence-corrected chi connectivity index (χ0v) is 14.4. The van der Waals surface area contributed by atoms with Gasteiger partial charge >= 0.3 is 0 Å². The van der Waals surface area contributed by atoms with Gasteiger partial charge in [-0.25, -0.2) is 0 Å². The quantitative estimate of drug-likeness (QED) is 0.922. The molecule has 1 saturated heterocycles. The van der Waals surface area contributed by atoms with E-state index < -0.39 is 0 Å². The van der Waals surface area contributed by atoms with Crippen molar-refractivity contribution in [2.45, 2.75) is 44.6 Å².